The summed E-state index contributed by atoms with van der Waals surface area (Å²) in [7, 11) is 0. The molecule has 0 amide bonds. The predicted molar refractivity (Wildman–Crippen MR) is 84.3 cm³/mol. The average molecular weight is 395 g/mol. The molecule has 0 unspecified atom stereocenters. The van der Waals surface area contributed by atoms with E-state index in [2.05, 4.69) is 6.07 Å². The monoisotopic (exact) mass is 395 g/mol. The molecule has 0 atom stereocenters. The Morgan fingerprint density at radius 2 is 1.41 bits per heavy atom. The minimum Gasteiger partial charge on any atom is -0.218 e. The summed E-state index contributed by atoms with van der Waals surface area (Å²) in [5.41, 5.74) is -8.79. The SMILES string of the molecule is CCc1[c]c(CC)c(-c2ccccc2F)c(C(F)(C(F)(F)F)C(F)(F)F)c1. The first-order valence-corrected chi connectivity index (χ1v) is 8.04. The molecule has 8 heteroatoms. The van der Waals surface area contributed by atoms with Crippen molar-refractivity contribution in [1.29, 1.82) is 0 Å². The molecule has 2 aromatic carbocycles. The topological polar surface area (TPSA) is 0 Å². The Balaban J connectivity index is 3.04. The molecule has 0 aromatic heterocycles. The van der Waals surface area contributed by atoms with Gasteiger partial charge in [-0.3, -0.25) is 0 Å². The third-order valence-corrected chi connectivity index (χ3v) is 4.23. The van der Waals surface area contributed by atoms with E-state index in [0.29, 0.717) is 6.07 Å². The molecule has 147 valence electrons. The Hall–Kier alpha value is -2.12. The quantitative estimate of drug-likeness (QED) is 0.505. The van der Waals surface area contributed by atoms with Crippen molar-refractivity contribution in [2.45, 2.75) is 44.7 Å². The molecule has 0 saturated carbocycles. The molecule has 0 nitrogen and oxygen atoms in total. The van der Waals surface area contributed by atoms with Crippen LogP contribution < -0.4 is 0 Å². The van der Waals surface area contributed by atoms with Gasteiger partial charge < -0.3 is 0 Å². The van der Waals surface area contributed by atoms with Gasteiger partial charge in [-0.1, -0.05) is 38.1 Å². The van der Waals surface area contributed by atoms with Crippen LogP contribution in [0.3, 0.4) is 0 Å². The lowest BCUT2D eigenvalue weighted by Crippen LogP contribution is -2.50. The zero-order chi connectivity index (χ0) is 20.6. The summed E-state index contributed by atoms with van der Waals surface area (Å²) in [6.07, 6.45) is -12.6. The van der Waals surface area contributed by atoms with Crippen LogP contribution in [-0.4, -0.2) is 12.4 Å². The van der Waals surface area contributed by atoms with E-state index in [1.54, 1.807) is 0 Å². The van der Waals surface area contributed by atoms with Crippen LogP contribution in [0.25, 0.3) is 11.1 Å². The Morgan fingerprint density at radius 1 is 0.852 bits per heavy atom. The minimum atomic E-state index is -6.29. The van der Waals surface area contributed by atoms with Crippen LogP contribution in [0.2, 0.25) is 0 Å². The van der Waals surface area contributed by atoms with E-state index in [9.17, 15) is 35.1 Å². The largest absolute Gasteiger partial charge is 0.435 e. The normalized spacial score (nSPS) is 13.1. The van der Waals surface area contributed by atoms with E-state index in [-0.39, 0.29) is 24.0 Å². The standard InChI is InChI=1S/C19H15F8/c1-3-11-9-12(4-2)16(13-7-5-6-8-15(13)20)14(10-11)17(21,18(22,23)24)19(25,26)27/h5-8,10H,3-4H2,1-2H3. The van der Waals surface area contributed by atoms with Gasteiger partial charge in [0.05, 0.1) is 0 Å². The molecule has 0 N–H and O–H groups in total. The van der Waals surface area contributed by atoms with Crippen molar-refractivity contribution in [2.75, 3.05) is 0 Å². The van der Waals surface area contributed by atoms with Crippen molar-refractivity contribution in [3.8, 4) is 11.1 Å². The number of rotatable bonds is 4. The highest BCUT2D eigenvalue weighted by atomic mass is 19.4. The van der Waals surface area contributed by atoms with Gasteiger partial charge in [0.2, 0.25) is 0 Å². The van der Waals surface area contributed by atoms with Crippen LogP contribution in [0, 0.1) is 11.9 Å². The number of hydrogen-bond acceptors (Lipinski definition) is 0. The lowest BCUT2D eigenvalue weighted by molar-refractivity contribution is -0.348. The van der Waals surface area contributed by atoms with Crippen molar-refractivity contribution in [3.63, 3.8) is 0 Å². The van der Waals surface area contributed by atoms with Gasteiger partial charge in [0.1, 0.15) is 5.82 Å². The molecule has 0 aliphatic heterocycles. The second-order valence-corrected chi connectivity index (χ2v) is 5.90. The average Bonchev–Trinajstić information content (AvgIpc) is 2.58. The van der Waals surface area contributed by atoms with Crippen molar-refractivity contribution in [3.05, 3.63) is 58.9 Å². The summed E-state index contributed by atoms with van der Waals surface area (Å²) in [6.45, 7) is 2.94. The zero-order valence-corrected chi connectivity index (χ0v) is 14.3. The first-order chi connectivity index (χ1) is 12.4. The first-order valence-electron chi connectivity index (χ1n) is 8.04. The number of hydrogen-bond donors (Lipinski definition) is 0. The molecule has 0 spiro atoms. The molecule has 2 aromatic rings. The van der Waals surface area contributed by atoms with Gasteiger partial charge in [-0.15, -0.1) is 0 Å². The molecule has 0 fully saturated rings. The van der Waals surface area contributed by atoms with Crippen molar-refractivity contribution >= 4 is 0 Å². The van der Waals surface area contributed by atoms with E-state index < -0.39 is 40.5 Å². The highest BCUT2D eigenvalue weighted by Crippen LogP contribution is 2.56. The second-order valence-electron chi connectivity index (χ2n) is 5.90. The van der Waals surface area contributed by atoms with Gasteiger partial charge in [-0.25, -0.2) is 8.78 Å². The smallest absolute Gasteiger partial charge is 0.218 e. The Bertz CT molecular complexity index is 803. The third kappa shape index (κ3) is 3.53. The number of alkyl halides is 7. The number of benzene rings is 2. The van der Waals surface area contributed by atoms with Gasteiger partial charge in [0.25, 0.3) is 0 Å². The Morgan fingerprint density at radius 3 is 1.85 bits per heavy atom. The van der Waals surface area contributed by atoms with Crippen LogP contribution >= 0.6 is 0 Å². The number of aryl methyl sites for hydroxylation is 2. The molecule has 2 rings (SSSR count). The summed E-state index contributed by atoms with van der Waals surface area (Å²) in [5, 5.41) is 0. The van der Waals surface area contributed by atoms with Crippen LogP contribution in [-0.2, 0) is 18.5 Å². The maximum atomic E-state index is 14.9. The van der Waals surface area contributed by atoms with Crippen LogP contribution in [0.1, 0.15) is 30.5 Å². The first kappa shape index (κ1) is 21.2. The maximum Gasteiger partial charge on any atom is 0.435 e. The molecular weight excluding hydrogens is 380 g/mol. The highest BCUT2D eigenvalue weighted by Gasteiger charge is 2.74. The highest BCUT2D eigenvalue weighted by molar-refractivity contribution is 5.74. The maximum absolute atomic E-state index is 14.9. The van der Waals surface area contributed by atoms with E-state index in [0.717, 1.165) is 12.1 Å². The Labute approximate surface area is 150 Å². The summed E-state index contributed by atoms with van der Waals surface area (Å²) < 4.78 is 109. The van der Waals surface area contributed by atoms with E-state index >= 15 is 0 Å². The zero-order valence-electron chi connectivity index (χ0n) is 14.3. The van der Waals surface area contributed by atoms with Crippen molar-refractivity contribution in [1.82, 2.24) is 0 Å². The van der Waals surface area contributed by atoms with E-state index in [4.69, 9.17) is 0 Å². The fourth-order valence-electron chi connectivity index (χ4n) is 2.87. The molecular formula is C19H15F8. The van der Waals surface area contributed by atoms with Gasteiger partial charge in [-0.2, -0.15) is 26.3 Å². The molecule has 0 heterocycles. The second kappa shape index (κ2) is 7.13. The van der Waals surface area contributed by atoms with Gasteiger partial charge in [-0.05, 0) is 41.7 Å². The number of halogens is 8. The van der Waals surface area contributed by atoms with Gasteiger partial charge in [0, 0.05) is 11.1 Å². The van der Waals surface area contributed by atoms with Crippen LogP contribution in [0.5, 0.6) is 0 Å². The van der Waals surface area contributed by atoms with Gasteiger partial charge in [0.15, 0.2) is 0 Å². The van der Waals surface area contributed by atoms with Gasteiger partial charge >= 0.3 is 18.0 Å². The lowest BCUT2D eigenvalue weighted by atomic mass is 9.82. The van der Waals surface area contributed by atoms with E-state index in [1.165, 1.54) is 26.0 Å². The third-order valence-electron chi connectivity index (χ3n) is 4.23. The molecule has 0 aliphatic carbocycles. The Kier molecular flexibility index (Phi) is 5.59. The van der Waals surface area contributed by atoms with E-state index in [1.807, 2.05) is 0 Å². The fraction of sp³-hybridized carbons (Fsp3) is 0.368. The lowest BCUT2D eigenvalue weighted by Gasteiger charge is -2.33. The van der Waals surface area contributed by atoms with Crippen molar-refractivity contribution < 1.29 is 35.1 Å². The molecule has 0 aliphatic rings. The fourth-order valence-corrected chi connectivity index (χ4v) is 2.87. The minimum absolute atomic E-state index is 0.0301. The molecule has 0 bridgehead atoms. The van der Waals surface area contributed by atoms with Crippen LogP contribution in [0.15, 0.2) is 30.3 Å². The molecule has 27 heavy (non-hydrogen) atoms. The molecule has 1 radical (unpaired) electrons. The molecule has 0 saturated heterocycles. The summed E-state index contributed by atoms with van der Waals surface area (Å²) in [4.78, 5) is 0. The summed E-state index contributed by atoms with van der Waals surface area (Å²) in [5.74, 6) is -1.06. The predicted octanol–water partition coefficient (Wildman–Crippen LogP) is 6.71. The van der Waals surface area contributed by atoms with Crippen molar-refractivity contribution in [2.24, 2.45) is 0 Å². The van der Waals surface area contributed by atoms with Crippen LogP contribution in [0.4, 0.5) is 35.1 Å². The summed E-state index contributed by atoms with van der Waals surface area (Å²) >= 11 is 0. The summed E-state index contributed by atoms with van der Waals surface area (Å²) in [6, 6.07) is 7.53.